The Labute approximate surface area is 207 Å². The molecule has 2 aromatic carbocycles. The quantitative estimate of drug-likeness (QED) is 0.395. The van der Waals surface area contributed by atoms with Crippen LogP contribution in [0, 0.1) is 11.9 Å². The summed E-state index contributed by atoms with van der Waals surface area (Å²) in [6.45, 7) is 2.70. The summed E-state index contributed by atoms with van der Waals surface area (Å²) in [7, 11) is 0. The van der Waals surface area contributed by atoms with Crippen LogP contribution in [-0.4, -0.2) is 23.0 Å². The molecular formula is C30H34FN3O. The molecule has 0 saturated heterocycles. The first-order chi connectivity index (χ1) is 17.0. The number of rotatable bonds is 8. The Morgan fingerprint density at radius 1 is 1.03 bits per heavy atom. The molecule has 1 amide bonds. The maximum Gasteiger partial charge on any atom is 0.230 e. The molecule has 5 heteroatoms. The summed E-state index contributed by atoms with van der Waals surface area (Å²) >= 11 is 0. The second kappa shape index (κ2) is 9.90. The normalized spacial score (nSPS) is 20.5. The van der Waals surface area contributed by atoms with E-state index in [4.69, 9.17) is 5.73 Å². The van der Waals surface area contributed by atoms with Gasteiger partial charge in [0.2, 0.25) is 11.9 Å². The fourth-order valence-electron chi connectivity index (χ4n) is 5.46. The third-order valence-corrected chi connectivity index (χ3v) is 7.57. The van der Waals surface area contributed by atoms with Crippen LogP contribution in [0.5, 0.6) is 0 Å². The van der Waals surface area contributed by atoms with E-state index in [1.165, 1.54) is 17.2 Å². The number of amides is 1. The van der Waals surface area contributed by atoms with Gasteiger partial charge < -0.3 is 10.6 Å². The van der Waals surface area contributed by atoms with Crippen molar-refractivity contribution in [3.05, 3.63) is 83.9 Å². The van der Waals surface area contributed by atoms with E-state index < -0.39 is 5.95 Å². The van der Waals surface area contributed by atoms with Gasteiger partial charge in [0.15, 0.2) is 0 Å². The molecule has 0 aliphatic heterocycles. The number of aryl methyl sites for hydroxylation is 1. The number of hydrogen-bond acceptors (Lipinski definition) is 3. The molecular weight excluding hydrogens is 437 g/mol. The Bertz CT molecular complexity index is 1170. The van der Waals surface area contributed by atoms with E-state index in [2.05, 4.69) is 48.3 Å². The van der Waals surface area contributed by atoms with Crippen molar-refractivity contribution in [2.24, 2.45) is 11.7 Å². The van der Waals surface area contributed by atoms with Gasteiger partial charge in [0.05, 0.1) is 0 Å². The molecule has 2 aliphatic carbocycles. The molecule has 3 aromatic rings. The van der Waals surface area contributed by atoms with Gasteiger partial charge in [-0.3, -0.25) is 4.79 Å². The number of aromatic nitrogens is 1. The minimum absolute atomic E-state index is 0.0288. The van der Waals surface area contributed by atoms with Crippen LogP contribution in [0.3, 0.4) is 0 Å². The van der Waals surface area contributed by atoms with Gasteiger partial charge in [-0.25, -0.2) is 4.98 Å². The van der Waals surface area contributed by atoms with Crippen LogP contribution < -0.4 is 10.6 Å². The minimum atomic E-state index is -0.498. The lowest BCUT2D eigenvalue weighted by Crippen LogP contribution is -2.50. The topological polar surface area (TPSA) is 59.2 Å². The van der Waals surface area contributed by atoms with Gasteiger partial charge in [0.25, 0.3) is 0 Å². The van der Waals surface area contributed by atoms with Crippen LogP contribution in [0.15, 0.2) is 66.7 Å². The number of anilines is 1. The van der Waals surface area contributed by atoms with E-state index in [-0.39, 0.29) is 23.3 Å². The third kappa shape index (κ3) is 5.30. The summed E-state index contributed by atoms with van der Waals surface area (Å²) < 4.78 is 13.6. The van der Waals surface area contributed by atoms with E-state index in [1.807, 2.05) is 23.1 Å². The SMILES string of the molecule is CCCc1ccc(-c2ccc(N(CC3(N)CCCC3)C(=O)[C@H]3C[C@@H]3c3cccc(F)n3)cc2)cc1. The predicted molar refractivity (Wildman–Crippen MR) is 139 cm³/mol. The van der Waals surface area contributed by atoms with Gasteiger partial charge in [0.1, 0.15) is 0 Å². The second-order valence-electron chi connectivity index (χ2n) is 10.3. The molecule has 182 valence electrons. The van der Waals surface area contributed by atoms with Crippen LogP contribution in [0.1, 0.15) is 62.6 Å². The van der Waals surface area contributed by atoms with E-state index in [0.717, 1.165) is 49.8 Å². The lowest BCUT2D eigenvalue weighted by molar-refractivity contribution is -0.120. The van der Waals surface area contributed by atoms with E-state index >= 15 is 0 Å². The molecule has 4 nitrogen and oxygen atoms in total. The number of benzene rings is 2. The van der Waals surface area contributed by atoms with Gasteiger partial charge in [-0.1, -0.05) is 68.7 Å². The summed E-state index contributed by atoms with van der Waals surface area (Å²) in [4.78, 5) is 19.6. The first-order valence-electron chi connectivity index (χ1n) is 12.9. The standard InChI is InChI=1S/C30H34FN3O/c1-2-6-21-9-11-22(12-10-21)23-13-15-24(16-14-23)34(20-30(32)17-3-4-18-30)29(35)26-19-25(26)27-7-5-8-28(31)33-27/h5,7-16,25-26H,2-4,6,17-20,32H2,1H3/t25-,26-/m0/s1. The van der Waals surface area contributed by atoms with Crippen molar-refractivity contribution in [1.29, 1.82) is 0 Å². The van der Waals surface area contributed by atoms with Crippen molar-refractivity contribution in [2.45, 2.75) is 63.3 Å². The lowest BCUT2D eigenvalue weighted by atomic mass is 9.97. The molecule has 35 heavy (non-hydrogen) atoms. The Kier molecular flexibility index (Phi) is 6.70. The van der Waals surface area contributed by atoms with Crippen LogP contribution in [0.4, 0.5) is 10.1 Å². The molecule has 0 radical (unpaired) electrons. The molecule has 5 rings (SSSR count). The number of halogens is 1. The average molecular weight is 472 g/mol. The lowest BCUT2D eigenvalue weighted by Gasteiger charge is -2.33. The summed E-state index contributed by atoms with van der Waals surface area (Å²) in [5, 5.41) is 0. The maximum absolute atomic E-state index is 13.7. The Morgan fingerprint density at radius 3 is 2.31 bits per heavy atom. The highest BCUT2D eigenvalue weighted by Gasteiger charge is 2.48. The van der Waals surface area contributed by atoms with Crippen molar-refractivity contribution in [3.63, 3.8) is 0 Å². The summed E-state index contributed by atoms with van der Waals surface area (Å²) in [6, 6.07) is 21.8. The summed E-state index contributed by atoms with van der Waals surface area (Å²) in [5.74, 6) is -0.643. The van der Waals surface area contributed by atoms with Crippen molar-refractivity contribution in [1.82, 2.24) is 4.98 Å². The van der Waals surface area contributed by atoms with Crippen LogP contribution in [-0.2, 0) is 11.2 Å². The van der Waals surface area contributed by atoms with E-state index in [1.54, 1.807) is 6.07 Å². The number of carbonyl (C=O) groups excluding carboxylic acids is 1. The largest absolute Gasteiger partial charge is 0.324 e. The average Bonchev–Trinajstić information content (AvgIpc) is 3.56. The van der Waals surface area contributed by atoms with Crippen LogP contribution in [0.25, 0.3) is 11.1 Å². The van der Waals surface area contributed by atoms with E-state index in [0.29, 0.717) is 18.7 Å². The Balaban J connectivity index is 1.37. The fourth-order valence-corrected chi connectivity index (χ4v) is 5.46. The van der Waals surface area contributed by atoms with Crippen LogP contribution >= 0.6 is 0 Å². The van der Waals surface area contributed by atoms with E-state index in [9.17, 15) is 9.18 Å². The zero-order valence-electron chi connectivity index (χ0n) is 20.4. The molecule has 2 N–H and O–H groups in total. The highest BCUT2D eigenvalue weighted by Crippen LogP contribution is 2.48. The van der Waals surface area contributed by atoms with Crippen molar-refractivity contribution < 1.29 is 9.18 Å². The van der Waals surface area contributed by atoms with Gasteiger partial charge in [-0.15, -0.1) is 0 Å². The van der Waals surface area contributed by atoms with Crippen molar-refractivity contribution in [2.75, 3.05) is 11.4 Å². The van der Waals surface area contributed by atoms with Gasteiger partial charge in [0, 0.05) is 35.3 Å². The number of nitrogens with zero attached hydrogens (tertiary/aromatic N) is 2. The van der Waals surface area contributed by atoms with Gasteiger partial charge in [-0.05, 0) is 66.6 Å². The first-order valence-corrected chi connectivity index (χ1v) is 12.9. The molecule has 2 fully saturated rings. The third-order valence-electron chi connectivity index (χ3n) is 7.57. The number of nitrogens with two attached hydrogens (primary N) is 1. The van der Waals surface area contributed by atoms with Crippen molar-refractivity contribution in [3.8, 4) is 11.1 Å². The number of carbonyl (C=O) groups is 1. The van der Waals surface area contributed by atoms with Gasteiger partial charge in [-0.2, -0.15) is 4.39 Å². The molecule has 1 heterocycles. The molecule has 2 saturated carbocycles. The molecule has 2 aliphatic rings. The highest BCUT2D eigenvalue weighted by atomic mass is 19.1. The molecule has 0 spiro atoms. The Morgan fingerprint density at radius 2 is 1.69 bits per heavy atom. The first kappa shape index (κ1) is 23.7. The fraction of sp³-hybridized carbons (Fsp3) is 0.400. The van der Waals surface area contributed by atoms with Gasteiger partial charge >= 0.3 is 0 Å². The summed E-state index contributed by atoms with van der Waals surface area (Å²) in [5.41, 5.74) is 11.5. The smallest absolute Gasteiger partial charge is 0.230 e. The number of pyridine rings is 1. The molecule has 0 unspecified atom stereocenters. The van der Waals surface area contributed by atoms with Crippen LogP contribution in [0.2, 0.25) is 0 Å². The monoisotopic (exact) mass is 471 g/mol. The maximum atomic E-state index is 13.7. The molecule has 2 atom stereocenters. The zero-order chi connectivity index (χ0) is 24.4. The minimum Gasteiger partial charge on any atom is -0.324 e. The Hall–Kier alpha value is -3.05. The molecule has 1 aromatic heterocycles. The summed E-state index contributed by atoms with van der Waals surface area (Å²) in [6.07, 6.45) is 6.99. The van der Waals surface area contributed by atoms with Crippen molar-refractivity contribution >= 4 is 11.6 Å². The zero-order valence-corrected chi connectivity index (χ0v) is 20.4. The highest BCUT2D eigenvalue weighted by molar-refractivity contribution is 5.98. The predicted octanol–water partition coefficient (Wildman–Crippen LogP) is 6.25. The second-order valence-corrected chi connectivity index (χ2v) is 10.3. The molecule has 0 bridgehead atoms. The number of hydrogen-bond donors (Lipinski definition) is 1.